The first-order valence-corrected chi connectivity index (χ1v) is 7.28. The highest BCUT2D eigenvalue weighted by molar-refractivity contribution is 7.93. The summed E-state index contributed by atoms with van der Waals surface area (Å²) >= 11 is 1.47. The Hall–Kier alpha value is -0.880. The number of carbonyl (C=O) groups is 1. The molecule has 0 spiro atoms. The van der Waals surface area contributed by atoms with Crippen molar-refractivity contribution < 1.29 is 18.3 Å². The van der Waals surface area contributed by atoms with Crippen LogP contribution in [0.1, 0.15) is 18.7 Å². The molecule has 0 aromatic carbocycles. The van der Waals surface area contributed by atoms with Gasteiger partial charge in [0.25, 0.3) is 0 Å². The van der Waals surface area contributed by atoms with Gasteiger partial charge in [-0.2, -0.15) is 0 Å². The second-order valence-electron chi connectivity index (χ2n) is 3.96. The van der Waals surface area contributed by atoms with Gasteiger partial charge < -0.3 is 5.11 Å². The van der Waals surface area contributed by atoms with Gasteiger partial charge in [-0.05, 0) is 31.7 Å². The third kappa shape index (κ3) is 2.62. The molecule has 1 rings (SSSR count). The lowest BCUT2D eigenvalue weighted by Gasteiger charge is -2.19. The van der Waals surface area contributed by atoms with Crippen LogP contribution in [0.25, 0.3) is 0 Å². The summed E-state index contributed by atoms with van der Waals surface area (Å²) < 4.78 is 21.9. The molecule has 0 aliphatic rings. The number of rotatable bonds is 5. The molecule has 4 nitrogen and oxygen atoms in total. The standard InChI is InChI=1S/C10H14O4S2/c1-10(2,9(11)12)16(13,14)7-5-8-4-3-6-15-8/h3-4,6H,5,7H2,1-2H3,(H,11,12). The molecule has 0 amide bonds. The summed E-state index contributed by atoms with van der Waals surface area (Å²) in [6.45, 7) is 2.44. The normalized spacial score (nSPS) is 12.6. The summed E-state index contributed by atoms with van der Waals surface area (Å²) in [5, 5.41) is 10.7. The van der Waals surface area contributed by atoms with Crippen molar-refractivity contribution in [3.63, 3.8) is 0 Å². The Morgan fingerprint density at radius 3 is 2.56 bits per heavy atom. The fourth-order valence-corrected chi connectivity index (χ4v) is 3.18. The molecule has 1 N–H and O–H groups in total. The number of aryl methyl sites for hydroxylation is 1. The summed E-state index contributed by atoms with van der Waals surface area (Å²) in [5.74, 6) is -1.44. The highest BCUT2D eigenvalue weighted by Gasteiger charge is 2.41. The maximum atomic E-state index is 11.8. The van der Waals surface area contributed by atoms with Crippen LogP contribution in [-0.4, -0.2) is 30.0 Å². The molecule has 0 fully saturated rings. The van der Waals surface area contributed by atoms with Crippen LogP contribution >= 0.6 is 11.3 Å². The lowest BCUT2D eigenvalue weighted by molar-refractivity contribution is -0.139. The molecule has 0 aliphatic carbocycles. The molecule has 0 bridgehead atoms. The van der Waals surface area contributed by atoms with E-state index in [9.17, 15) is 13.2 Å². The summed E-state index contributed by atoms with van der Waals surface area (Å²) in [5.41, 5.74) is 0. The number of carboxylic acid groups (broad SMARTS) is 1. The summed E-state index contributed by atoms with van der Waals surface area (Å²) in [6, 6.07) is 3.68. The SMILES string of the molecule is CC(C)(C(=O)O)S(=O)(=O)CCc1cccs1. The van der Waals surface area contributed by atoms with Crippen LogP contribution in [0, 0.1) is 0 Å². The molecule has 6 heteroatoms. The molecule has 0 saturated carbocycles. The number of aliphatic carboxylic acids is 1. The van der Waals surface area contributed by atoms with Crippen LogP contribution in [0.4, 0.5) is 0 Å². The maximum absolute atomic E-state index is 11.8. The predicted molar refractivity (Wildman–Crippen MR) is 63.5 cm³/mol. The van der Waals surface area contributed by atoms with Gasteiger partial charge >= 0.3 is 5.97 Å². The zero-order chi connectivity index (χ0) is 12.4. The third-order valence-corrected chi connectivity index (χ3v) is 5.90. The van der Waals surface area contributed by atoms with E-state index in [1.54, 1.807) is 0 Å². The average Bonchev–Trinajstić information content (AvgIpc) is 2.66. The minimum absolute atomic E-state index is 0.132. The molecule has 0 unspecified atom stereocenters. The molecule has 16 heavy (non-hydrogen) atoms. The quantitative estimate of drug-likeness (QED) is 0.874. The highest BCUT2D eigenvalue weighted by atomic mass is 32.2. The van der Waals surface area contributed by atoms with Crippen LogP contribution in [0.15, 0.2) is 17.5 Å². The number of thiophene rings is 1. The van der Waals surface area contributed by atoms with Crippen LogP contribution in [0.2, 0.25) is 0 Å². The Kier molecular flexibility index (Phi) is 3.75. The van der Waals surface area contributed by atoms with E-state index < -0.39 is 20.6 Å². The van der Waals surface area contributed by atoms with Crippen molar-refractivity contribution in [2.24, 2.45) is 0 Å². The molecular weight excluding hydrogens is 248 g/mol. The fraction of sp³-hybridized carbons (Fsp3) is 0.500. The molecule has 0 radical (unpaired) electrons. The van der Waals surface area contributed by atoms with E-state index in [4.69, 9.17) is 5.11 Å². The van der Waals surface area contributed by atoms with Crippen LogP contribution < -0.4 is 0 Å². The summed E-state index contributed by atoms with van der Waals surface area (Å²) in [7, 11) is -3.63. The number of carboxylic acids is 1. The van der Waals surface area contributed by atoms with Crippen molar-refractivity contribution in [3.05, 3.63) is 22.4 Å². The maximum Gasteiger partial charge on any atom is 0.324 e. The van der Waals surface area contributed by atoms with Gasteiger partial charge in [0.15, 0.2) is 14.6 Å². The van der Waals surface area contributed by atoms with Gasteiger partial charge in [-0.25, -0.2) is 8.42 Å². The van der Waals surface area contributed by atoms with E-state index in [2.05, 4.69) is 0 Å². The smallest absolute Gasteiger partial charge is 0.324 e. The Labute approximate surface area is 98.8 Å². The Morgan fingerprint density at radius 1 is 1.50 bits per heavy atom. The molecular formula is C10H14O4S2. The summed E-state index contributed by atoms with van der Waals surface area (Å²) in [6.07, 6.45) is 0.372. The largest absolute Gasteiger partial charge is 0.480 e. The number of hydrogen-bond donors (Lipinski definition) is 1. The monoisotopic (exact) mass is 262 g/mol. The predicted octanol–water partition coefficient (Wildman–Crippen LogP) is 1.57. The molecule has 1 heterocycles. The van der Waals surface area contributed by atoms with Gasteiger partial charge in [0, 0.05) is 4.88 Å². The number of sulfone groups is 1. The molecule has 90 valence electrons. The van der Waals surface area contributed by atoms with E-state index in [1.807, 2.05) is 17.5 Å². The highest BCUT2D eigenvalue weighted by Crippen LogP contribution is 2.20. The van der Waals surface area contributed by atoms with Gasteiger partial charge in [-0.1, -0.05) is 6.07 Å². The molecule has 0 aliphatic heterocycles. The average molecular weight is 262 g/mol. The Balaban J connectivity index is 2.77. The van der Waals surface area contributed by atoms with Crippen molar-refractivity contribution in [3.8, 4) is 0 Å². The Bertz CT molecular complexity index is 457. The van der Waals surface area contributed by atoms with E-state index >= 15 is 0 Å². The topological polar surface area (TPSA) is 71.4 Å². The van der Waals surface area contributed by atoms with Crippen LogP contribution in [0.3, 0.4) is 0 Å². The van der Waals surface area contributed by atoms with Gasteiger partial charge in [0.1, 0.15) is 0 Å². The van der Waals surface area contributed by atoms with Crippen LogP contribution in [-0.2, 0) is 21.1 Å². The Morgan fingerprint density at radius 2 is 2.12 bits per heavy atom. The van der Waals surface area contributed by atoms with Gasteiger partial charge in [0.2, 0.25) is 0 Å². The van der Waals surface area contributed by atoms with Crippen molar-refractivity contribution >= 4 is 27.1 Å². The fourth-order valence-electron chi connectivity index (χ4n) is 1.08. The van der Waals surface area contributed by atoms with Crippen molar-refractivity contribution in [1.29, 1.82) is 0 Å². The zero-order valence-corrected chi connectivity index (χ0v) is 10.8. The van der Waals surface area contributed by atoms with Gasteiger partial charge in [-0.3, -0.25) is 4.79 Å². The van der Waals surface area contributed by atoms with E-state index in [0.717, 1.165) is 4.88 Å². The van der Waals surface area contributed by atoms with Crippen molar-refractivity contribution in [2.45, 2.75) is 25.0 Å². The first-order valence-electron chi connectivity index (χ1n) is 4.75. The number of hydrogen-bond acceptors (Lipinski definition) is 4. The van der Waals surface area contributed by atoms with E-state index in [1.165, 1.54) is 25.2 Å². The molecule has 0 atom stereocenters. The van der Waals surface area contributed by atoms with Gasteiger partial charge in [0.05, 0.1) is 5.75 Å². The minimum Gasteiger partial charge on any atom is -0.480 e. The van der Waals surface area contributed by atoms with Crippen molar-refractivity contribution in [2.75, 3.05) is 5.75 Å². The molecule has 1 aromatic rings. The lowest BCUT2D eigenvalue weighted by Crippen LogP contribution is -2.42. The third-order valence-electron chi connectivity index (χ3n) is 2.49. The molecule has 1 aromatic heterocycles. The van der Waals surface area contributed by atoms with Crippen LogP contribution in [0.5, 0.6) is 0 Å². The lowest BCUT2D eigenvalue weighted by atomic mass is 10.2. The van der Waals surface area contributed by atoms with Crippen molar-refractivity contribution in [1.82, 2.24) is 0 Å². The second-order valence-corrected chi connectivity index (χ2v) is 7.65. The molecule has 0 saturated heterocycles. The van der Waals surface area contributed by atoms with Gasteiger partial charge in [-0.15, -0.1) is 11.3 Å². The van der Waals surface area contributed by atoms with E-state index in [0.29, 0.717) is 6.42 Å². The first kappa shape index (κ1) is 13.2. The van der Waals surface area contributed by atoms with E-state index in [-0.39, 0.29) is 5.75 Å². The second kappa shape index (κ2) is 4.55. The summed E-state index contributed by atoms with van der Waals surface area (Å²) in [4.78, 5) is 11.8. The minimum atomic E-state index is -3.63. The first-order chi connectivity index (χ1) is 7.27. The zero-order valence-electron chi connectivity index (χ0n) is 9.13.